The van der Waals surface area contributed by atoms with Crippen LogP contribution in [0.4, 0.5) is 5.69 Å². The Balaban J connectivity index is 1.82. The number of hydrogen-bond donors (Lipinski definition) is 0. The maximum atomic E-state index is 4.12. The Morgan fingerprint density at radius 1 is 1.14 bits per heavy atom. The molecular weight excluding hydrogens is 256 g/mol. The molecule has 0 radical (unpaired) electrons. The summed E-state index contributed by atoms with van der Waals surface area (Å²) in [6, 6.07) is 4.12. The van der Waals surface area contributed by atoms with Crippen molar-refractivity contribution in [1.29, 1.82) is 0 Å². The normalized spacial score (nSPS) is 15.8. The minimum absolute atomic E-state index is 0.836. The summed E-state index contributed by atoms with van der Waals surface area (Å²) in [4.78, 5) is 6.48. The van der Waals surface area contributed by atoms with E-state index in [1.165, 1.54) is 11.3 Å². The average Bonchev–Trinajstić information content (AvgIpc) is 2.57. The first-order chi connectivity index (χ1) is 10.4. The maximum absolute atomic E-state index is 4.12. The highest BCUT2D eigenvalue weighted by molar-refractivity contribution is 5.49. The molecule has 0 amide bonds. The van der Waals surface area contributed by atoms with E-state index in [1.54, 1.807) is 0 Å². The monoisotopic (exact) mass is 274 g/mol. The number of pyridine rings is 1. The number of anilines is 1. The molecule has 0 unspecified atom stereocenters. The highest BCUT2D eigenvalue weighted by Gasteiger charge is 2.11. The van der Waals surface area contributed by atoms with Gasteiger partial charge in [0.2, 0.25) is 0 Å². The summed E-state index contributed by atoms with van der Waals surface area (Å²) in [6.07, 6.45) is 18.6. The van der Waals surface area contributed by atoms with Crippen LogP contribution in [0.1, 0.15) is 12.8 Å². The molecule has 21 heavy (non-hydrogen) atoms. The fourth-order valence-electron chi connectivity index (χ4n) is 2.51. The zero-order chi connectivity index (χ0) is 14.3. The number of allylic oxidation sites excluding steroid dienone is 5. The summed E-state index contributed by atoms with van der Waals surface area (Å²) in [5.41, 5.74) is 10.0. The van der Waals surface area contributed by atoms with Gasteiger partial charge in [0.25, 0.3) is 0 Å². The van der Waals surface area contributed by atoms with E-state index in [0.29, 0.717) is 0 Å². The molecule has 0 fully saturated rings. The topological polar surface area (TPSA) is 16.1 Å². The van der Waals surface area contributed by atoms with Gasteiger partial charge in [-0.2, -0.15) is 0 Å². The Hall–Kier alpha value is -2.53. The van der Waals surface area contributed by atoms with Crippen molar-refractivity contribution in [3.05, 3.63) is 83.6 Å². The van der Waals surface area contributed by atoms with Crippen molar-refractivity contribution in [3.8, 4) is 0 Å². The van der Waals surface area contributed by atoms with Crippen molar-refractivity contribution in [3.63, 3.8) is 0 Å². The second-order valence-electron chi connectivity index (χ2n) is 5.17. The Labute approximate surface area is 125 Å². The molecule has 1 heterocycles. The van der Waals surface area contributed by atoms with Crippen LogP contribution in [-0.2, 0) is 0 Å². The Bertz CT molecular complexity index is 680. The Kier molecular flexibility index (Phi) is 4.33. The highest BCUT2D eigenvalue weighted by atomic mass is 15.1. The molecule has 2 aliphatic carbocycles. The largest absolute Gasteiger partial charge is 0.362 e. The van der Waals surface area contributed by atoms with Crippen LogP contribution in [0.5, 0.6) is 0 Å². The quantitative estimate of drug-likeness (QED) is 0.755. The van der Waals surface area contributed by atoms with Crippen LogP contribution in [0.3, 0.4) is 0 Å². The van der Waals surface area contributed by atoms with Gasteiger partial charge in [-0.05, 0) is 37.1 Å². The standard InChI is InChI=1S/C19H18N2/c1-3-7-17(8-4-1)15-21(19-11-13-20-14-12-19)16-18-9-5-2-6-10-18/h1-3,5,7,9,11-14H,4,8,15-16H2. The van der Waals surface area contributed by atoms with Crippen molar-refractivity contribution in [2.45, 2.75) is 12.8 Å². The van der Waals surface area contributed by atoms with Crippen LogP contribution >= 0.6 is 0 Å². The summed E-state index contributed by atoms with van der Waals surface area (Å²) in [7, 11) is 0. The molecule has 0 aromatic carbocycles. The van der Waals surface area contributed by atoms with Crippen LogP contribution in [0.15, 0.2) is 83.6 Å². The second kappa shape index (κ2) is 6.76. The number of nitrogens with zero attached hydrogens (tertiary/aromatic N) is 2. The van der Waals surface area contributed by atoms with Crippen molar-refractivity contribution in [2.75, 3.05) is 18.0 Å². The molecule has 0 bridgehead atoms. The summed E-state index contributed by atoms with van der Waals surface area (Å²) >= 11 is 0. The van der Waals surface area contributed by atoms with Gasteiger partial charge in [0.1, 0.15) is 0 Å². The molecule has 0 atom stereocenters. The number of rotatable bonds is 5. The lowest BCUT2D eigenvalue weighted by Gasteiger charge is -2.26. The third-order valence-corrected chi connectivity index (χ3v) is 3.59. The number of hydrogen-bond acceptors (Lipinski definition) is 2. The van der Waals surface area contributed by atoms with E-state index >= 15 is 0 Å². The van der Waals surface area contributed by atoms with Crippen molar-refractivity contribution < 1.29 is 0 Å². The molecule has 2 aliphatic rings. The smallest absolute Gasteiger partial charge is 0.0512 e. The summed E-state index contributed by atoms with van der Waals surface area (Å²) in [5, 5.41) is 0. The Morgan fingerprint density at radius 3 is 2.76 bits per heavy atom. The van der Waals surface area contributed by atoms with Gasteiger partial charge in [-0.25, -0.2) is 0 Å². The first-order valence-electron chi connectivity index (χ1n) is 7.28. The molecule has 0 spiro atoms. The fourth-order valence-corrected chi connectivity index (χ4v) is 2.51. The van der Waals surface area contributed by atoms with Gasteiger partial charge in [-0.1, -0.05) is 41.3 Å². The fraction of sp³-hybridized carbons (Fsp3) is 0.211. The highest BCUT2D eigenvalue weighted by Crippen LogP contribution is 2.20. The van der Waals surface area contributed by atoms with E-state index in [4.69, 9.17) is 0 Å². The Morgan fingerprint density at radius 2 is 2.05 bits per heavy atom. The lowest BCUT2D eigenvalue weighted by molar-refractivity contribution is 0.838. The van der Waals surface area contributed by atoms with E-state index in [1.807, 2.05) is 24.5 Å². The zero-order valence-corrected chi connectivity index (χ0v) is 12.0. The number of aromatic nitrogens is 1. The van der Waals surface area contributed by atoms with Crippen LogP contribution in [-0.4, -0.2) is 18.1 Å². The molecule has 3 rings (SSSR count). The van der Waals surface area contributed by atoms with Gasteiger partial charge in [0.05, 0.1) is 6.54 Å². The van der Waals surface area contributed by atoms with Crippen molar-refractivity contribution in [2.24, 2.45) is 0 Å². The predicted molar refractivity (Wildman–Crippen MR) is 87.2 cm³/mol. The van der Waals surface area contributed by atoms with Gasteiger partial charge in [0.15, 0.2) is 0 Å². The summed E-state index contributed by atoms with van der Waals surface area (Å²) in [6.45, 7) is 1.78. The van der Waals surface area contributed by atoms with Crippen LogP contribution in [0.25, 0.3) is 0 Å². The first-order valence-corrected chi connectivity index (χ1v) is 7.28. The maximum Gasteiger partial charge on any atom is 0.0512 e. The molecule has 0 saturated heterocycles. The second-order valence-corrected chi connectivity index (χ2v) is 5.17. The third kappa shape index (κ3) is 3.73. The molecule has 2 nitrogen and oxygen atoms in total. The van der Waals surface area contributed by atoms with Gasteiger partial charge in [-0.15, -0.1) is 0 Å². The van der Waals surface area contributed by atoms with E-state index in [-0.39, 0.29) is 0 Å². The minimum Gasteiger partial charge on any atom is -0.362 e. The van der Waals surface area contributed by atoms with Gasteiger partial charge >= 0.3 is 0 Å². The van der Waals surface area contributed by atoms with E-state index in [0.717, 1.165) is 31.5 Å². The van der Waals surface area contributed by atoms with Crippen molar-refractivity contribution >= 4 is 5.69 Å². The van der Waals surface area contributed by atoms with Crippen LogP contribution in [0, 0.1) is 0 Å². The summed E-state index contributed by atoms with van der Waals surface area (Å²) in [5.74, 6) is 0. The van der Waals surface area contributed by atoms with E-state index in [2.05, 4.69) is 57.8 Å². The zero-order valence-electron chi connectivity index (χ0n) is 12.0. The van der Waals surface area contributed by atoms with Gasteiger partial charge < -0.3 is 4.90 Å². The van der Waals surface area contributed by atoms with E-state index < -0.39 is 0 Å². The molecular formula is C19H18N2. The van der Waals surface area contributed by atoms with Crippen molar-refractivity contribution in [1.82, 2.24) is 4.98 Å². The average molecular weight is 274 g/mol. The first kappa shape index (κ1) is 13.5. The molecule has 0 aliphatic heterocycles. The van der Waals surface area contributed by atoms with Gasteiger partial charge in [-0.3, -0.25) is 4.98 Å². The molecule has 2 heteroatoms. The summed E-state index contributed by atoms with van der Waals surface area (Å²) < 4.78 is 0. The van der Waals surface area contributed by atoms with Crippen LogP contribution in [0.2, 0.25) is 0 Å². The molecule has 1 aromatic rings. The third-order valence-electron chi connectivity index (χ3n) is 3.59. The minimum atomic E-state index is 0.836. The molecule has 1 aromatic heterocycles. The van der Waals surface area contributed by atoms with Crippen LogP contribution < -0.4 is 4.90 Å². The lowest BCUT2D eigenvalue weighted by Crippen LogP contribution is -2.28. The molecule has 0 saturated carbocycles. The van der Waals surface area contributed by atoms with Gasteiger partial charge in [0, 0.05) is 30.2 Å². The predicted octanol–water partition coefficient (Wildman–Crippen LogP) is 3.97. The molecule has 104 valence electrons. The van der Waals surface area contributed by atoms with E-state index in [9.17, 15) is 0 Å². The SMILES string of the molecule is C1=C=C(CN(CC2=CC=CCC2)c2ccncc2)C=CC=1. The molecule has 0 N–H and O–H groups in total. The lowest BCUT2D eigenvalue weighted by atomic mass is 10.0.